The van der Waals surface area contributed by atoms with E-state index in [0.29, 0.717) is 33.4 Å². The maximum absolute atomic E-state index is 13.4. The van der Waals surface area contributed by atoms with E-state index in [-0.39, 0.29) is 11.5 Å². The second-order valence-corrected chi connectivity index (χ2v) is 9.81. The van der Waals surface area contributed by atoms with Crippen molar-refractivity contribution in [2.24, 2.45) is 0 Å². The minimum absolute atomic E-state index is 0.0609. The average molecular weight is 480 g/mol. The Labute approximate surface area is 200 Å². The molecule has 2 heterocycles. The summed E-state index contributed by atoms with van der Waals surface area (Å²) in [7, 11) is 1.60. The third-order valence-electron chi connectivity index (χ3n) is 5.49. The van der Waals surface area contributed by atoms with Crippen LogP contribution in [-0.4, -0.2) is 22.6 Å². The summed E-state index contributed by atoms with van der Waals surface area (Å²) in [6, 6.07) is 16.7. The van der Waals surface area contributed by atoms with Gasteiger partial charge in [0.2, 0.25) is 5.91 Å². The first-order valence-corrected chi connectivity index (χ1v) is 12.3. The molecule has 1 unspecified atom stereocenters. The number of nitrogens with zero attached hydrogens (tertiary/aromatic N) is 2. The summed E-state index contributed by atoms with van der Waals surface area (Å²) >= 11 is 2.81. The Morgan fingerprint density at radius 2 is 1.85 bits per heavy atom. The number of thiophene rings is 1. The van der Waals surface area contributed by atoms with Crippen LogP contribution in [0.25, 0.3) is 10.2 Å². The molecular formula is C25H25N3O3S2. The molecule has 6 nitrogen and oxygen atoms in total. The second-order valence-electron chi connectivity index (χ2n) is 7.53. The van der Waals surface area contributed by atoms with Crippen LogP contribution in [0.5, 0.6) is 5.75 Å². The molecule has 2 aromatic carbocycles. The van der Waals surface area contributed by atoms with Gasteiger partial charge in [-0.1, -0.05) is 42.1 Å². The SMILES string of the molecule is CCn1c(SC(C(=O)Nc2ccc(OC)cc2)c2ccccc2)nc2sc(C)c(C)c2c1=O. The summed E-state index contributed by atoms with van der Waals surface area (Å²) in [5, 5.41) is 3.61. The van der Waals surface area contributed by atoms with E-state index in [4.69, 9.17) is 9.72 Å². The fourth-order valence-electron chi connectivity index (χ4n) is 3.57. The molecule has 0 aliphatic rings. The Kier molecular flexibility index (Phi) is 6.85. The van der Waals surface area contributed by atoms with Crippen LogP contribution < -0.4 is 15.6 Å². The third kappa shape index (κ3) is 4.67. The minimum Gasteiger partial charge on any atom is -0.497 e. The van der Waals surface area contributed by atoms with Crippen LogP contribution in [0.4, 0.5) is 5.69 Å². The zero-order valence-electron chi connectivity index (χ0n) is 18.9. The van der Waals surface area contributed by atoms with Gasteiger partial charge in [-0.05, 0) is 56.2 Å². The number of hydrogen-bond acceptors (Lipinski definition) is 6. The Morgan fingerprint density at radius 1 is 1.15 bits per heavy atom. The lowest BCUT2D eigenvalue weighted by molar-refractivity contribution is -0.115. The first kappa shape index (κ1) is 23.1. The first-order chi connectivity index (χ1) is 15.9. The van der Waals surface area contributed by atoms with E-state index in [2.05, 4.69) is 5.32 Å². The van der Waals surface area contributed by atoms with Crippen LogP contribution in [-0.2, 0) is 11.3 Å². The number of fused-ring (bicyclic) bond motifs is 1. The number of rotatable bonds is 7. The fraction of sp³-hybridized carbons (Fsp3) is 0.240. The number of anilines is 1. The first-order valence-electron chi connectivity index (χ1n) is 10.6. The molecule has 1 atom stereocenters. The summed E-state index contributed by atoms with van der Waals surface area (Å²) in [6.45, 7) is 6.35. The summed E-state index contributed by atoms with van der Waals surface area (Å²) in [5.74, 6) is 0.528. The highest BCUT2D eigenvalue weighted by molar-refractivity contribution is 8.00. The number of ether oxygens (including phenoxy) is 1. The standard InChI is InChI=1S/C25H25N3O3S2/c1-5-28-24(30)20-15(2)16(3)32-23(20)27-25(28)33-21(17-9-7-6-8-10-17)22(29)26-18-11-13-19(31-4)14-12-18/h6-14,21H,5H2,1-4H3,(H,26,29). The van der Waals surface area contributed by atoms with Gasteiger partial charge in [-0.2, -0.15) is 0 Å². The molecule has 0 aliphatic heterocycles. The zero-order valence-corrected chi connectivity index (χ0v) is 20.5. The number of aromatic nitrogens is 2. The number of hydrogen-bond donors (Lipinski definition) is 1. The molecule has 1 amide bonds. The van der Waals surface area contributed by atoms with Crippen molar-refractivity contribution in [1.29, 1.82) is 0 Å². The summed E-state index contributed by atoms with van der Waals surface area (Å²) < 4.78 is 6.85. The van der Waals surface area contributed by atoms with E-state index >= 15 is 0 Å². The average Bonchev–Trinajstić information content (AvgIpc) is 3.11. The second kappa shape index (κ2) is 9.80. The quantitative estimate of drug-likeness (QED) is 0.277. The molecule has 2 aromatic heterocycles. The topological polar surface area (TPSA) is 73.2 Å². The van der Waals surface area contributed by atoms with Crippen LogP contribution >= 0.6 is 23.1 Å². The van der Waals surface area contributed by atoms with Crippen molar-refractivity contribution in [2.75, 3.05) is 12.4 Å². The van der Waals surface area contributed by atoms with Gasteiger partial charge in [-0.15, -0.1) is 11.3 Å². The number of benzene rings is 2. The van der Waals surface area contributed by atoms with Crippen molar-refractivity contribution in [3.05, 3.63) is 81.0 Å². The maximum atomic E-state index is 13.4. The normalized spacial score (nSPS) is 12.0. The number of methoxy groups -OCH3 is 1. The summed E-state index contributed by atoms with van der Waals surface area (Å²) in [5.41, 5.74) is 2.42. The maximum Gasteiger partial charge on any atom is 0.263 e. The highest BCUT2D eigenvalue weighted by Crippen LogP contribution is 2.37. The van der Waals surface area contributed by atoms with Crippen LogP contribution in [0, 0.1) is 13.8 Å². The van der Waals surface area contributed by atoms with Gasteiger partial charge in [0, 0.05) is 17.1 Å². The molecule has 0 saturated heterocycles. The van der Waals surface area contributed by atoms with Gasteiger partial charge in [-0.25, -0.2) is 4.98 Å². The molecule has 0 fully saturated rings. The number of carbonyl (C=O) groups excluding carboxylic acids is 1. The Bertz CT molecular complexity index is 1350. The predicted molar refractivity (Wildman–Crippen MR) is 136 cm³/mol. The number of carbonyl (C=O) groups is 1. The minimum atomic E-state index is -0.586. The molecular weight excluding hydrogens is 454 g/mol. The van der Waals surface area contributed by atoms with E-state index in [0.717, 1.165) is 16.0 Å². The summed E-state index contributed by atoms with van der Waals surface area (Å²) in [4.78, 5) is 33.3. The van der Waals surface area contributed by atoms with Crippen molar-refractivity contribution in [2.45, 2.75) is 37.7 Å². The van der Waals surface area contributed by atoms with Crippen LogP contribution in [0.1, 0.15) is 28.2 Å². The molecule has 33 heavy (non-hydrogen) atoms. The van der Waals surface area contributed by atoms with Crippen LogP contribution in [0.3, 0.4) is 0 Å². The zero-order chi connectivity index (χ0) is 23.5. The molecule has 0 aliphatic carbocycles. The van der Waals surface area contributed by atoms with Crippen molar-refractivity contribution in [3.63, 3.8) is 0 Å². The molecule has 0 saturated carbocycles. The molecule has 170 valence electrons. The Morgan fingerprint density at radius 3 is 2.48 bits per heavy atom. The van der Waals surface area contributed by atoms with E-state index < -0.39 is 5.25 Å². The highest BCUT2D eigenvalue weighted by Gasteiger charge is 2.26. The van der Waals surface area contributed by atoms with Crippen LogP contribution in [0.15, 0.2) is 64.5 Å². The van der Waals surface area contributed by atoms with E-state index in [1.807, 2.05) is 51.1 Å². The van der Waals surface area contributed by atoms with Crippen molar-refractivity contribution >= 4 is 44.9 Å². The molecule has 0 bridgehead atoms. The van der Waals surface area contributed by atoms with Crippen molar-refractivity contribution in [3.8, 4) is 5.75 Å². The lowest BCUT2D eigenvalue weighted by Crippen LogP contribution is -2.24. The van der Waals surface area contributed by atoms with Crippen LogP contribution in [0.2, 0.25) is 0 Å². The van der Waals surface area contributed by atoms with E-state index in [1.165, 1.54) is 23.1 Å². The van der Waals surface area contributed by atoms with Gasteiger partial charge in [0.1, 0.15) is 15.8 Å². The van der Waals surface area contributed by atoms with Gasteiger partial charge in [0.15, 0.2) is 5.16 Å². The van der Waals surface area contributed by atoms with Gasteiger partial charge >= 0.3 is 0 Å². The number of nitrogens with one attached hydrogen (secondary N) is 1. The third-order valence-corrected chi connectivity index (χ3v) is 7.84. The van der Waals surface area contributed by atoms with E-state index in [9.17, 15) is 9.59 Å². The molecule has 1 N–H and O–H groups in total. The predicted octanol–water partition coefficient (Wildman–Crippen LogP) is 5.58. The van der Waals surface area contributed by atoms with Gasteiger partial charge in [0.05, 0.1) is 12.5 Å². The van der Waals surface area contributed by atoms with Gasteiger partial charge in [0.25, 0.3) is 5.56 Å². The Balaban J connectivity index is 1.73. The summed E-state index contributed by atoms with van der Waals surface area (Å²) in [6.07, 6.45) is 0. The number of aryl methyl sites for hydroxylation is 2. The molecule has 0 radical (unpaired) electrons. The van der Waals surface area contributed by atoms with E-state index in [1.54, 1.807) is 35.9 Å². The molecule has 4 aromatic rings. The highest BCUT2D eigenvalue weighted by atomic mass is 32.2. The van der Waals surface area contributed by atoms with Gasteiger partial charge < -0.3 is 10.1 Å². The number of thioether (sulfide) groups is 1. The van der Waals surface area contributed by atoms with Crippen molar-refractivity contribution in [1.82, 2.24) is 9.55 Å². The van der Waals surface area contributed by atoms with Gasteiger partial charge in [-0.3, -0.25) is 14.2 Å². The lowest BCUT2D eigenvalue weighted by Gasteiger charge is -2.19. The smallest absolute Gasteiger partial charge is 0.263 e. The monoisotopic (exact) mass is 479 g/mol. The number of amides is 1. The fourth-order valence-corrected chi connectivity index (χ4v) is 5.80. The molecule has 0 spiro atoms. The Hall–Kier alpha value is -3.10. The largest absolute Gasteiger partial charge is 0.497 e. The molecule has 8 heteroatoms. The molecule has 4 rings (SSSR count). The lowest BCUT2D eigenvalue weighted by atomic mass is 10.1. The van der Waals surface area contributed by atoms with Crippen molar-refractivity contribution < 1.29 is 9.53 Å².